The number of benzene rings is 2. The molecule has 0 aliphatic rings. The molecule has 1 amide bonds. The Balaban J connectivity index is 0.00000300. The summed E-state index contributed by atoms with van der Waals surface area (Å²) in [5.74, 6) is -1.30. The predicted molar refractivity (Wildman–Crippen MR) is 114 cm³/mol. The molecule has 5 nitrogen and oxygen atoms in total. The first-order valence-electron chi connectivity index (χ1n) is 8.83. The molecule has 9 heteroatoms. The highest BCUT2D eigenvalue weighted by Crippen LogP contribution is 2.30. The SMILES string of the molecule is CN(C)CCCN(C(=O)COc1ccccc1F)c1nc2c(F)cccc2s1.Cl. The van der Waals surface area contributed by atoms with Gasteiger partial charge in [0.15, 0.2) is 23.3 Å². The second-order valence-corrected chi connectivity index (χ2v) is 7.51. The third-order valence-electron chi connectivity index (χ3n) is 4.07. The Kier molecular flexibility index (Phi) is 8.31. The van der Waals surface area contributed by atoms with Gasteiger partial charge in [0.1, 0.15) is 11.3 Å². The Morgan fingerprint density at radius 2 is 1.79 bits per heavy atom. The molecular formula is C20H22ClF2N3O2S. The van der Waals surface area contributed by atoms with Crippen molar-refractivity contribution in [2.75, 3.05) is 38.7 Å². The molecule has 0 bridgehead atoms. The van der Waals surface area contributed by atoms with E-state index in [-0.39, 0.29) is 36.2 Å². The van der Waals surface area contributed by atoms with E-state index in [1.165, 1.54) is 34.4 Å². The number of carbonyl (C=O) groups excluding carboxylic acids is 1. The largest absolute Gasteiger partial charge is 0.481 e. The minimum absolute atomic E-state index is 0. The molecule has 0 spiro atoms. The lowest BCUT2D eigenvalue weighted by Crippen LogP contribution is -2.37. The van der Waals surface area contributed by atoms with Crippen molar-refractivity contribution in [1.29, 1.82) is 0 Å². The van der Waals surface area contributed by atoms with Gasteiger partial charge in [-0.25, -0.2) is 13.8 Å². The van der Waals surface area contributed by atoms with Crippen LogP contribution in [0.4, 0.5) is 13.9 Å². The number of rotatable bonds is 8. The van der Waals surface area contributed by atoms with E-state index in [4.69, 9.17) is 4.74 Å². The van der Waals surface area contributed by atoms with Crippen LogP contribution in [0.15, 0.2) is 42.5 Å². The quantitative estimate of drug-likeness (QED) is 0.521. The summed E-state index contributed by atoms with van der Waals surface area (Å²) in [6.45, 7) is 0.845. The van der Waals surface area contributed by atoms with Crippen LogP contribution in [0.2, 0.25) is 0 Å². The summed E-state index contributed by atoms with van der Waals surface area (Å²) in [6.07, 6.45) is 0.705. The van der Waals surface area contributed by atoms with E-state index in [1.54, 1.807) is 24.3 Å². The number of hydrogen-bond donors (Lipinski definition) is 0. The van der Waals surface area contributed by atoms with Crippen molar-refractivity contribution in [3.63, 3.8) is 0 Å². The van der Waals surface area contributed by atoms with Crippen molar-refractivity contribution < 1.29 is 18.3 Å². The Morgan fingerprint density at radius 3 is 2.48 bits per heavy atom. The van der Waals surface area contributed by atoms with Gasteiger partial charge in [-0.1, -0.05) is 29.5 Å². The molecular weight excluding hydrogens is 420 g/mol. The number of halogens is 3. The molecule has 0 N–H and O–H groups in total. The molecule has 3 rings (SSSR count). The van der Waals surface area contributed by atoms with Gasteiger partial charge < -0.3 is 9.64 Å². The smallest absolute Gasteiger partial charge is 0.266 e. The zero-order chi connectivity index (χ0) is 20.1. The third kappa shape index (κ3) is 5.85. The predicted octanol–water partition coefficient (Wildman–Crippen LogP) is 4.36. The molecule has 0 saturated carbocycles. The van der Waals surface area contributed by atoms with Gasteiger partial charge in [0.2, 0.25) is 0 Å². The summed E-state index contributed by atoms with van der Waals surface area (Å²) in [4.78, 5) is 20.6. The molecule has 0 saturated heterocycles. The first-order valence-corrected chi connectivity index (χ1v) is 9.65. The van der Waals surface area contributed by atoms with E-state index in [0.29, 0.717) is 22.8 Å². The summed E-state index contributed by atoms with van der Waals surface area (Å²) < 4.78 is 33.8. The highest BCUT2D eigenvalue weighted by molar-refractivity contribution is 7.22. The van der Waals surface area contributed by atoms with Gasteiger partial charge >= 0.3 is 0 Å². The molecule has 0 aliphatic carbocycles. The van der Waals surface area contributed by atoms with Gasteiger partial charge in [-0.2, -0.15) is 0 Å². The second-order valence-electron chi connectivity index (χ2n) is 6.50. The van der Waals surface area contributed by atoms with Gasteiger partial charge in [-0.3, -0.25) is 9.69 Å². The number of fused-ring (bicyclic) bond motifs is 1. The minimum Gasteiger partial charge on any atom is -0.481 e. The normalized spacial score (nSPS) is 10.8. The van der Waals surface area contributed by atoms with Crippen molar-refractivity contribution in [2.24, 2.45) is 0 Å². The molecule has 3 aromatic rings. The zero-order valence-electron chi connectivity index (χ0n) is 16.1. The molecule has 0 atom stereocenters. The number of anilines is 1. The zero-order valence-corrected chi connectivity index (χ0v) is 17.7. The van der Waals surface area contributed by atoms with Crippen molar-refractivity contribution in [1.82, 2.24) is 9.88 Å². The van der Waals surface area contributed by atoms with E-state index in [2.05, 4.69) is 4.98 Å². The average Bonchev–Trinajstić information content (AvgIpc) is 3.09. The van der Waals surface area contributed by atoms with E-state index in [0.717, 1.165) is 6.54 Å². The van der Waals surface area contributed by atoms with E-state index in [1.807, 2.05) is 19.0 Å². The van der Waals surface area contributed by atoms with Gasteiger partial charge in [-0.15, -0.1) is 12.4 Å². The maximum Gasteiger partial charge on any atom is 0.266 e. The van der Waals surface area contributed by atoms with Gasteiger partial charge in [-0.05, 0) is 51.3 Å². The number of thiazole rings is 1. The molecule has 0 radical (unpaired) electrons. The summed E-state index contributed by atoms with van der Waals surface area (Å²) in [7, 11) is 3.89. The summed E-state index contributed by atoms with van der Waals surface area (Å²) in [6, 6.07) is 10.6. The van der Waals surface area contributed by atoms with Gasteiger partial charge in [0.05, 0.1) is 4.70 Å². The van der Waals surface area contributed by atoms with Crippen LogP contribution in [0.1, 0.15) is 6.42 Å². The lowest BCUT2D eigenvalue weighted by molar-refractivity contribution is -0.120. The van der Waals surface area contributed by atoms with Crippen LogP contribution in [-0.4, -0.2) is 49.6 Å². The average molecular weight is 442 g/mol. The van der Waals surface area contributed by atoms with Crippen molar-refractivity contribution >= 4 is 45.0 Å². The lowest BCUT2D eigenvalue weighted by atomic mass is 10.3. The number of nitrogens with zero attached hydrogens (tertiary/aromatic N) is 3. The van der Waals surface area contributed by atoms with Crippen LogP contribution in [0.5, 0.6) is 5.75 Å². The van der Waals surface area contributed by atoms with Crippen LogP contribution in [0, 0.1) is 11.6 Å². The number of aromatic nitrogens is 1. The highest BCUT2D eigenvalue weighted by atomic mass is 35.5. The fourth-order valence-electron chi connectivity index (χ4n) is 2.67. The third-order valence-corrected chi connectivity index (χ3v) is 5.11. The molecule has 1 heterocycles. The molecule has 1 aromatic heterocycles. The maximum atomic E-state index is 14.0. The summed E-state index contributed by atoms with van der Waals surface area (Å²) in [5.41, 5.74) is 0.239. The summed E-state index contributed by atoms with van der Waals surface area (Å²) in [5, 5.41) is 0.404. The molecule has 0 fully saturated rings. The van der Waals surface area contributed by atoms with Gasteiger partial charge in [0.25, 0.3) is 5.91 Å². The van der Waals surface area contributed by atoms with E-state index in [9.17, 15) is 13.6 Å². The van der Waals surface area contributed by atoms with E-state index >= 15 is 0 Å². The number of para-hydroxylation sites is 2. The Labute approximate surface area is 178 Å². The fraction of sp³-hybridized carbons (Fsp3) is 0.300. The van der Waals surface area contributed by atoms with Crippen LogP contribution >= 0.6 is 23.7 Å². The number of ether oxygens (including phenoxy) is 1. The van der Waals surface area contributed by atoms with Crippen LogP contribution in [0.25, 0.3) is 10.2 Å². The minimum atomic E-state index is -0.531. The Hall–Kier alpha value is -2.29. The summed E-state index contributed by atoms with van der Waals surface area (Å²) >= 11 is 1.24. The maximum absolute atomic E-state index is 14.0. The molecule has 29 heavy (non-hydrogen) atoms. The molecule has 2 aromatic carbocycles. The number of carbonyl (C=O) groups is 1. The first kappa shape index (κ1) is 23.0. The van der Waals surface area contributed by atoms with Gasteiger partial charge in [0, 0.05) is 6.54 Å². The van der Waals surface area contributed by atoms with Crippen LogP contribution in [-0.2, 0) is 4.79 Å². The molecule has 0 unspecified atom stereocenters. The standard InChI is InChI=1S/C20H21F2N3O2S.ClH/c1-24(2)11-6-12-25(18(26)13-27-16-9-4-3-7-14(16)21)20-23-19-15(22)8-5-10-17(19)28-20;/h3-5,7-10H,6,11-13H2,1-2H3;1H. The van der Waals surface area contributed by atoms with Crippen LogP contribution < -0.4 is 9.64 Å². The molecule has 0 aliphatic heterocycles. The number of amides is 1. The topological polar surface area (TPSA) is 45.7 Å². The molecule has 156 valence electrons. The lowest BCUT2D eigenvalue weighted by Gasteiger charge is -2.21. The van der Waals surface area contributed by atoms with E-state index < -0.39 is 11.6 Å². The first-order chi connectivity index (χ1) is 13.5. The van der Waals surface area contributed by atoms with Crippen molar-refractivity contribution in [3.05, 3.63) is 54.1 Å². The van der Waals surface area contributed by atoms with Crippen molar-refractivity contribution in [2.45, 2.75) is 6.42 Å². The Morgan fingerprint density at radius 1 is 1.07 bits per heavy atom. The highest BCUT2D eigenvalue weighted by Gasteiger charge is 2.21. The fourth-order valence-corrected chi connectivity index (χ4v) is 3.69. The van der Waals surface area contributed by atoms with Crippen LogP contribution in [0.3, 0.4) is 0 Å². The monoisotopic (exact) mass is 441 g/mol. The number of hydrogen-bond acceptors (Lipinski definition) is 5. The van der Waals surface area contributed by atoms with Crippen molar-refractivity contribution in [3.8, 4) is 5.75 Å². The Bertz CT molecular complexity index is 968. The second kappa shape index (κ2) is 10.5.